The average molecular weight is 360 g/mol. The molecule has 0 saturated heterocycles. The summed E-state index contributed by atoms with van der Waals surface area (Å²) in [6.07, 6.45) is 1.31. The summed E-state index contributed by atoms with van der Waals surface area (Å²) in [6.45, 7) is 0. The van der Waals surface area contributed by atoms with Crippen LogP contribution in [0, 0.1) is 11.6 Å². The number of halogens is 3. The Morgan fingerprint density at radius 2 is 1.72 bits per heavy atom. The first-order chi connectivity index (χ1) is 12.0. The van der Waals surface area contributed by atoms with Crippen molar-refractivity contribution in [2.75, 3.05) is 10.6 Å². The Bertz CT molecular complexity index is 896. The van der Waals surface area contributed by atoms with Gasteiger partial charge in [-0.3, -0.25) is 4.79 Å². The average Bonchev–Trinajstić information content (AvgIpc) is 2.59. The lowest BCUT2D eigenvalue weighted by Gasteiger charge is -2.09. The molecule has 1 amide bonds. The van der Waals surface area contributed by atoms with Crippen molar-refractivity contribution >= 4 is 34.7 Å². The van der Waals surface area contributed by atoms with E-state index in [9.17, 15) is 13.6 Å². The Balaban J connectivity index is 1.72. The van der Waals surface area contributed by atoms with Gasteiger partial charge in [-0.15, -0.1) is 0 Å². The van der Waals surface area contributed by atoms with E-state index in [4.69, 9.17) is 11.6 Å². The number of pyridine rings is 1. The number of nitrogens with one attached hydrogen (secondary N) is 2. The van der Waals surface area contributed by atoms with E-state index in [1.165, 1.54) is 24.4 Å². The number of para-hydroxylation sites is 1. The van der Waals surface area contributed by atoms with Gasteiger partial charge in [0.1, 0.15) is 23.1 Å². The Labute approximate surface area is 147 Å². The molecule has 2 N–H and O–H groups in total. The fourth-order valence-electron chi connectivity index (χ4n) is 2.12. The van der Waals surface area contributed by atoms with E-state index in [1.54, 1.807) is 24.3 Å². The van der Waals surface area contributed by atoms with E-state index < -0.39 is 11.6 Å². The first kappa shape index (κ1) is 16.9. The maximum Gasteiger partial charge on any atom is 0.257 e. The maximum absolute atomic E-state index is 13.6. The summed E-state index contributed by atoms with van der Waals surface area (Å²) in [4.78, 5) is 16.2. The van der Waals surface area contributed by atoms with E-state index in [0.717, 1.165) is 12.1 Å². The SMILES string of the molecule is O=C(Nc1cccc(Cl)c1)c1ccc(Nc2c(F)cccc2F)nc1. The van der Waals surface area contributed by atoms with Crippen LogP contribution in [0.1, 0.15) is 10.4 Å². The second kappa shape index (κ2) is 7.27. The van der Waals surface area contributed by atoms with Crippen LogP contribution in [0.5, 0.6) is 0 Å². The first-order valence-electron chi connectivity index (χ1n) is 7.27. The zero-order valence-electron chi connectivity index (χ0n) is 12.8. The Morgan fingerprint density at radius 3 is 2.36 bits per heavy atom. The van der Waals surface area contributed by atoms with Gasteiger partial charge in [-0.2, -0.15) is 0 Å². The predicted octanol–water partition coefficient (Wildman–Crippen LogP) is 5.01. The summed E-state index contributed by atoms with van der Waals surface area (Å²) in [7, 11) is 0. The molecule has 126 valence electrons. The minimum absolute atomic E-state index is 0.211. The molecule has 7 heteroatoms. The van der Waals surface area contributed by atoms with Gasteiger partial charge in [0, 0.05) is 16.9 Å². The highest BCUT2D eigenvalue weighted by molar-refractivity contribution is 6.30. The minimum atomic E-state index is -0.732. The molecule has 3 rings (SSSR count). The molecule has 0 radical (unpaired) electrons. The van der Waals surface area contributed by atoms with Gasteiger partial charge in [0.15, 0.2) is 0 Å². The van der Waals surface area contributed by atoms with Crippen molar-refractivity contribution in [1.29, 1.82) is 0 Å². The highest BCUT2D eigenvalue weighted by atomic mass is 35.5. The molecule has 0 aliphatic carbocycles. The monoisotopic (exact) mass is 359 g/mol. The fourth-order valence-corrected chi connectivity index (χ4v) is 2.31. The zero-order valence-corrected chi connectivity index (χ0v) is 13.5. The van der Waals surface area contributed by atoms with Crippen molar-refractivity contribution in [3.8, 4) is 0 Å². The van der Waals surface area contributed by atoms with E-state index in [-0.39, 0.29) is 17.4 Å². The van der Waals surface area contributed by atoms with Crippen LogP contribution < -0.4 is 10.6 Å². The van der Waals surface area contributed by atoms with Gasteiger partial charge in [-0.1, -0.05) is 23.7 Å². The largest absolute Gasteiger partial charge is 0.335 e. The third-order valence-corrected chi connectivity index (χ3v) is 3.56. The molecule has 1 aromatic heterocycles. The first-order valence-corrected chi connectivity index (χ1v) is 7.65. The van der Waals surface area contributed by atoms with Crippen LogP contribution in [0.4, 0.5) is 26.0 Å². The summed E-state index contributed by atoms with van der Waals surface area (Å²) in [6, 6.07) is 13.2. The van der Waals surface area contributed by atoms with E-state index >= 15 is 0 Å². The van der Waals surface area contributed by atoms with Crippen LogP contribution in [-0.2, 0) is 0 Å². The molecule has 0 atom stereocenters. The van der Waals surface area contributed by atoms with Gasteiger partial charge in [0.2, 0.25) is 0 Å². The van der Waals surface area contributed by atoms with Crippen molar-refractivity contribution in [2.45, 2.75) is 0 Å². The molecule has 4 nitrogen and oxygen atoms in total. The molecule has 0 aliphatic rings. The van der Waals surface area contributed by atoms with Crippen LogP contribution in [0.2, 0.25) is 5.02 Å². The molecule has 1 heterocycles. The number of carbonyl (C=O) groups is 1. The van der Waals surface area contributed by atoms with Crippen LogP contribution in [0.3, 0.4) is 0 Å². The number of hydrogen-bond acceptors (Lipinski definition) is 3. The topological polar surface area (TPSA) is 54.0 Å². The number of anilines is 3. The van der Waals surface area contributed by atoms with Gasteiger partial charge < -0.3 is 10.6 Å². The lowest BCUT2D eigenvalue weighted by molar-refractivity contribution is 0.102. The van der Waals surface area contributed by atoms with Gasteiger partial charge in [-0.25, -0.2) is 13.8 Å². The number of benzene rings is 2. The fraction of sp³-hybridized carbons (Fsp3) is 0. The lowest BCUT2D eigenvalue weighted by Crippen LogP contribution is -2.12. The van der Waals surface area contributed by atoms with Crippen molar-refractivity contribution in [2.24, 2.45) is 0 Å². The molecule has 0 saturated carbocycles. The highest BCUT2D eigenvalue weighted by Gasteiger charge is 2.11. The summed E-state index contributed by atoms with van der Waals surface area (Å²) in [5.41, 5.74) is 0.541. The standard InChI is InChI=1S/C18H12ClF2N3O/c19-12-3-1-4-13(9-12)23-18(25)11-7-8-16(22-10-11)24-17-14(20)5-2-6-15(17)21/h1-10H,(H,22,24)(H,23,25). The number of nitrogens with zero attached hydrogens (tertiary/aromatic N) is 1. The molecular formula is C18H12ClF2N3O. The number of aromatic nitrogens is 1. The van der Waals surface area contributed by atoms with E-state index in [2.05, 4.69) is 15.6 Å². The molecule has 25 heavy (non-hydrogen) atoms. The Morgan fingerprint density at radius 1 is 1.00 bits per heavy atom. The summed E-state index contributed by atoms with van der Waals surface area (Å²) >= 11 is 5.86. The van der Waals surface area contributed by atoms with Crippen LogP contribution >= 0.6 is 11.6 Å². The van der Waals surface area contributed by atoms with Crippen molar-refractivity contribution < 1.29 is 13.6 Å². The predicted molar refractivity (Wildman–Crippen MR) is 93.3 cm³/mol. The summed E-state index contributed by atoms with van der Waals surface area (Å²) in [5.74, 6) is -1.63. The smallest absolute Gasteiger partial charge is 0.257 e. The van der Waals surface area contributed by atoms with Gasteiger partial charge in [-0.05, 0) is 42.5 Å². The molecule has 0 aliphatic heterocycles. The van der Waals surface area contributed by atoms with Crippen molar-refractivity contribution in [3.05, 3.63) is 83.0 Å². The second-order valence-electron chi connectivity index (χ2n) is 5.12. The maximum atomic E-state index is 13.6. The van der Waals surface area contributed by atoms with Crippen LogP contribution in [0.25, 0.3) is 0 Å². The molecule has 0 fully saturated rings. The Hall–Kier alpha value is -2.99. The lowest BCUT2D eigenvalue weighted by atomic mass is 10.2. The quantitative estimate of drug-likeness (QED) is 0.688. The zero-order chi connectivity index (χ0) is 17.8. The van der Waals surface area contributed by atoms with Gasteiger partial charge in [0.05, 0.1) is 5.56 Å². The number of rotatable bonds is 4. The molecular weight excluding hydrogens is 348 g/mol. The third-order valence-electron chi connectivity index (χ3n) is 3.32. The minimum Gasteiger partial charge on any atom is -0.335 e. The normalized spacial score (nSPS) is 10.4. The Kier molecular flexibility index (Phi) is 4.90. The van der Waals surface area contributed by atoms with Crippen LogP contribution in [-0.4, -0.2) is 10.9 Å². The van der Waals surface area contributed by atoms with Gasteiger partial charge >= 0.3 is 0 Å². The third kappa shape index (κ3) is 4.10. The van der Waals surface area contributed by atoms with E-state index in [0.29, 0.717) is 16.3 Å². The number of amides is 1. The molecule has 3 aromatic rings. The van der Waals surface area contributed by atoms with Crippen molar-refractivity contribution in [1.82, 2.24) is 4.98 Å². The van der Waals surface area contributed by atoms with Gasteiger partial charge in [0.25, 0.3) is 5.91 Å². The number of carbonyl (C=O) groups excluding carboxylic acids is 1. The van der Waals surface area contributed by atoms with Crippen molar-refractivity contribution in [3.63, 3.8) is 0 Å². The molecule has 0 bridgehead atoms. The van der Waals surface area contributed by atoms with E-state index in [1.807, 2.05) is 0 Å². The molecule has 0 spiro atoms. The summed E-state index contributed by atoms with van der Waals surface area (Å²) < 4.78 is 27.2. The summed E-state index contributed by atoms with van der Waals surface area (Å²) in [5, 5.41) is 5.74. The second-order valence-corrected chi connectivity index (χ2v) is 5.55. The number of hydrogen-bond donors (Lipinski definition) is 2. The molecule has 0 unspecified atom stereocenters. The molecule has 2 aromatic carbocycles. The highest BCUT2D eigenvalue weighted by Crippen LogP contribution is 2.22. The van der Waals surface area contributed by atoms with Crippen LogP contribution in [0.15, 0.2) is 60.8 Å².